The first-order valence-electron chi connectivity index (χ1n) is 22.3. The SMILES string of the molecule is C=CCCOC(=O)N(CCC)C1CC(=NOC2CCCCO2)C2=CC(CCCCO)C(CCCCO)C3c4cc(OC(=O)NCc5ccccc5)ccc4OC1(OCC=C)C23. The zero-order chi connectivity index (χ0) is 43.0. The Morgan fingerprint density at radius 1 is 1.03 bits per heavy atom. The van der Waals surface area contributed by atoms with Crippen molar-refractivity contribution in [1.29, 1.82) is 0 Å². The number of carbonyl (C=O) groups is 2. The van der Waals surface area contributed by atoms with Gasteiger partial charge in [0.05, 0.1) is 31.5 Å². The Morgan fingerprint density at radius 2 is 1.84 bits per heavy atom. The Bertz CT molecular complexity index is 1810. The monoisotopic (exact) mass is 843 g/mol. The van der Waals surface area contributed by atoms with Crippen LogP contribution in [0.2, 0.25) is 0 Å². The van der Waals surface area contributed by atoms with Crippen LogP contribution in [0.5, 0.6) is 11.5 Å². The second kappa shape index (κ2) is 23.0. The Morgan fingerprint density at radius 3 is 2.56 bits per heavy atom. The Hall–Kier alpha value is -4.69. The van der Waals surface area contributed by atoms with Gasteiger partial charge >= 0.3 is 12.2 Å². The lowest BCUT2D eigenvalue weighted by atomic mass is 9.55. The van der Waals surface area contributed by atoms with Crippen molar-refractivity contribution in [3.8, 4) is 11.5 Å². The van der Waals surface area contributed by atoms with Crippen LogP contribution < -0.4 is 14.8 Å². The number of allylic oxidation sites excluding steroid dienone is 1. The fourth-order valence-electron chi connectivity index (χ4n) is 9.47. The zero-order valence-corrected chi connectivity index (χ0v) is 35.7. The third-order valence-electron chi connectivity index (χ3n) is 12.2. The molecule has 7 unspecified atom stereocenters. The topological polar surface area (TPSA) is 158 Å². The van der Waals surface area contributed by atoms with Gasteiger partial charge in [0, 0.05) is 50.6 Å². The molecule has 0 aromatic heterocycles. The molecular formula is C48H65N3O10. The normalized spacial score (nSPS) is 25.8. The number of unbranched alkanes of at least 4 members (excludes halogenated alkanes) is 2. The number of aliphatic hydroxyl groups excluding tert-OH is 2. The van der Waals surface area contributed by atoms with E-state index in [1.165, 1.54) is 0 Å². The second-order valence-corrected chi connectivity index (χ2v) is 16.3. The van der Waals surface area contributed by atoms with Crippen molar-refractivity contribution in [1.82, 2.24) is 10.2 Å². The van der Waals surface area contributed by atoms with Gasteiger partial charge in [-0.3, -0.25) is 4.90 Å². The summed E-state index contributed by atoms with van der Waals surface area (Å²) in [5, 5.41) is 27.6. The average Bonchev–Trinajstić information content (AvgIpc) is 3.28. The average molecular weight is 844 g/mol. The van der Waals surface area contributed by atoms with E-state index in [0.717, 1.165) is 55.2 Å². The summed E-state index contributed by atoms with van der Waals surface area (Å²) in [6.45, 7) is 11.5. The summed E-state index contributed by atoms with van der Waals surface area (Å²) >= 11 is 0. The predicted octanol–water partition coefficient (Wildman–Crippen LogP) is 8.56. The number of rotatable bonds is 22. The van der Waals surface area contributed by atoms with Crippen molar-refractivity contribution >= 4 is 17.9 Å². The fraction of sp³-hybridized carbons (Fsp3) is 0.562. The number of nitrogens with zero attached hydrogens (tertiary/aromatic N) is 2. The minimum absolute atomic E-state index is 0.00253. The van der Waals surface area contributed by atoms with Crippen LogP contribution in [-0.4, -0.2) is 90.7 Å². The number of amides is 2. The first-order chi connectivity index (χ1) is 29.9. The molecule has 1 saturated heterocycles. The molecule has 332 valence electrons. The standard InChI is InChI=1S/C48H65N3O10/c1-4-7-28-57-47(55)51(24-5-2)42-32-40(50-61-43-21-13-16-29-56-43)38-30-35(19-11-14-25-52)37(20-12-15-26-53)44-39-31-36(59-46(54)49-33-34-17-9-8-10-18-34)22-23-41(39)60-48(42,45(38)44)58-27-6-3/h4,6,8-10,17-18,22-23,30-31,35,37,42-45,52-53H,1,3,5,7,11-16,19-21,24-29,32-33H2,2H3,(H,49,54). The number of ether oxygens (including phenoxy) is 5. The van der Waals surface area contributed by atoms with Crippen LogP contribution in [0.4, 0.5) is 9.59 Å². The highest BCUT2D eigenvalue weighted by Gasteiger charge is 2.65. The maximum atomic E-state index is 14.3. The number of aliphatic hydroxyl groups is 2. The fourth-order valence-corrected chi connectivity index (χ4v) is 9.47. The van der Waals surface area contributed by atoms with E-state index in [1.54, 1.807) is 23.1 Å². The molecular weight excluding hydrogens is 779 g/mol. The minimum Gasteiger partial charge on any atom is -0.459 e. The van der Waals surface area contributed by atoms with Crippen molar-refractivity contribution in [2.75, 3.05) is 39.6 Å². The van der Waals surface area contributed by atoms with Crippen molar-refractivity contribution in [2.45, 2.75) is 115 Å². The van der Waals surface area contributed by atoms with E-state index in [-0.39, 0.29) is 50.6 Å². The molecule has 4 aliphatic rings. The van der Waals surface area contributed by atoms with Gasteiger partial charge < -0.3 is 44.1 Å². The van der Waals surface area contributed by atoms with Crippen LogP contribution in [0.15, 0.2) is 90.6 Å². The molecule has 13 nitrogen and oxygen atoms in total. The van der Waals surface area contributed by atoms with Crippen LogP contribution >= 0.6 is 0 Å². The van der Waals surface area contributed by atoms with Crippen LogP contribution in [0.1, 0.15) is 101 Å². The Labute approximate surface area is 360 Å². The lowest BCUT2D eigenvalue weighted by Gasteiger charge is -2.59. The van der Waals surface area contributed by atoms with Gasteiger partial charge in [0.2, 0.25) is 12.1 Å². The predicted molar refractivity (Wildman–Crippen MR) is 232 cm³/mol. The molecule has 61 heavy (non-hydrogen) atoms. The van der Waals surface area contributed by atoms with Crippen LogP contribution in [0.25, 0.3) is 0 Å². The van der Waals surface area contributed by atoms with E-state index < -0.39 is 36.2 Å². The van der Waals surface area contributed by atoms with E-state index in [4.69, 9.17) is 33.7 Å². The van der Waals surface area contributed by atoms with Gasteiger partial charge in [-0.25, -0.2) is 9.59 Å². The Balaban J connectivity index is 1.51. The van der Waals surface area contributed by atoms with E-state index in [9.17, 15) is 19.8 Å². The van der Waals surface area contributed by atoms with E-state index in [2.05, 4.69) is 24.6 Å². The number of oxime groups is 1. The lowest BCUT2D eigenvalue weighted by Crippen LogP contribution is -2.70. The van der Waals surface area contributed by atoms with Crippen molar-refractivity contribution in [3.05, 3.63) is 96.6 Å². The molecule has 2 heterocycles. The third kappa shape index (κ3) is 11.2. The van der Waals surface area contributed by atoms with E-state index in [1.807, 2.05) is 49.4 Å². The highest BCUT2D eigenvalue weighted by Crippen LogP contribution is 2.62. The highest BCUT2D eigenvalue weighted by atomic mass is 16.8. The molecule has 2 fully saturated rings. The lowest BCUT2D eigenvalue weighted by molar-refractivity contribution is -0.255. The first-order valence-corrected chi connectivity index (χ1v) is 22.3. The van der Waals surface area contributed by atoms with Gasteiger partial charge in [-0.1, -0.05) is 73.5 Å². The number of nitrogens with one attached hydrogen (secondary N) is 1. The van der Waals surface area contributed by atoms with Crippen molar-refractivity contribution in [3.63, 3.8) is 0 Å². The molecule has 1 saturated carbocycles. The van der Waals surface area contributed by atoms with Gasteiger partial charge in [0.25, 0.3) is 0 Å². The molecule has 2 amide bonds. The maximum Gasteiger partial charge on any atom is 0.412 e. The van der Waals surface area contributed by atoms with E-state index >= 15 is 0 Å². The summed E-state index contributed by atoms with van der Waals surface area (Å²) in [5.41, 5.74) is 3.36. The van der Waals surface area contributed by atoms with Gasteiger partial charge in [0.1, 0.15) is 17.5 Å². The Kier molecular flexibility index (Phi) is 17.2. The number of hydrogen-bond acceptors (Lipinski definition) is 11. The van der Waals surface area contributed by atoms with Crippen LogP contribution in [-0.2, 0) is 25.6 Å². The largest absolute Gasteiger partial charge is 0.459 e. The number of carbonyl (C=O) groups excluding carboxylic acids is 2. The van der Waals surface area contributed by atoms with Crippen molar-refractivity contribution < 1.29 is 48.3 Å². The smallest absolute Gasteiger partial charge is 0.412 e. The molecule has 0 bridgehead atoms. The maximum absolute atomic E-state index is 14.3. The van der Waals surface area contributed by atoms with Gasteiger partial charge in [-0.05, 0) is 92.5 Å². The highest BCUT2D eigenvalue weighted by molar-refractivity contribution is 6.03. The number of benzene rings is 2. The first kappa shape index (κ1) is 45.8. The zero-order valence-electron chi connectivity index (χ0n) is 35.7. The third-order valence-corrected chi connectivity index (χ3v) is 12.2. The summed E-state index contributed by atoms with van der Waals surface area (Å²) < 4.78 is 32.1. The van der Waals surface area contributed by atoms with Crippen LogP contribution in [0, 0.1) is 17.8 Å². The molecule has 2 aliphatic heterocycles. The van der Waals surface area contributed by atoms with Crippen molar-refractivity contribution in [2.24, 2.45) is 22.9 Å². The van der Waals surface area contributed by atoms with Gasteiger partial charge in [-0.2, -0.15) is 0 Å². The minimum atomic E-state index is -1.44. The summed E-state index contributed by atoms with van der Waals surface area (Å²) in [6, 6.07) is 14.3. The van der Waals surface area contributed by atoms with Gasteiger partial charge in [-0.15, -0.1) is 13.2 Å². The molecule has 2 aromatic rings. The van der Waals surface area contributed by atoms with Crippen LogP contribution in [0.3, 0.4) is 0 Å². The second-order valence-electron chi connectivity index (χ2n) is 16.3. The number of fused-ring (bicyclic) bond motifs is 2. The molecule has 7 atom stereocenters. The summed E-state index contributed by atoms with van der Waals surface area (Å²) in [4.78, 5) is 35.5. The molecule has 0 radical (unpaired) electrons. The number of hydrogen-bond donors (Lipinski definition) is 3. The molecule has 3 N–H and O–H groups in total. The molecule has 2 aromatic carbocycles. The van der Waals surface area contributed by atoms with E-state index in [0.29, 0.717) is 69.0 Å². The molecule has 6 rings (SSSR count). The summed E-state index contributed by atoms with van der Waals surface area (Å²) in [5.74, 6) is -1.31. The summed E-state index contributed by atoms with van der Waals surface area (Å²) in [7, 11) is 0. The molecule has 0 spiro atoms. The quantitative estimate of drug-likeness (QED) is 0.0596. The van der Waals surface area contributed by atoms with Gasteiger partial charge in [0.15, 0.2) is 0 Å². The molecule has 13 heteroatoms. The molecule has 2 aliphatic carbocycles. The summed E-state index contributed by atoms with van der Waals surface area (Å²) in [6.07, 6.45) is 12.6.